The molecule has 0 radical (unpaired) electrons. The molecule has 4 nitrogen and oxygen atoms in total. The van der Waals surface area contributed by atoms with Crippen molar-refractivity contribution in [3.63, 3.8) is 0 Å². The van der Waals surface area contributed by atoms with Crippen molar-refractivity contribution in [2.24, 2.45) is 0 Å². The van der Waals surface area contributed by atoms with E-state index in [1.54, 1.807) is 12.1 Å². The van der Waals surface area contributed by atoms with Crippen molar-refractivity contribution in [3.8, 4) is 0 Å². The first-order valence-corrected chi connectivity index (χ1v) is 4.35. The number of benzene rings is 1. The van der Waals surface area contributed by atoms with E-state index >= 15 is 0 Å². The Morgan fingerprint density at radius 1 is 1.33 bits per heavy atom. The first-order chi connectivity index (χ1) is 6.65. The largest absolute Gasteiger partial charge is 1.00 e. The Balaban J connectivity index is 0.00000196. The number of carboxylic acids is 1. The summed E-state index contributed by atoms with van der Waals surface area (Å²) in [7, 11) is 0. The first-order valence-electron chi connectivity index (χ1n) is 3.81. The van der Waals surface area contributed by atoms with E-state index in [0.29, 0.717) is 0 Å². The van der Waals surface area contributed by atoms with Gasteiger partial charge < -0.3 is 15.2 Å². The van der Waals surface area contributed by atoms with Crippen molar-refractivity contribution in [3.05, 3.63) is 29.8 Å². The van der Waals surface area contributed by atoms with Gasteiger partial charge in [0.2, 0.25) is 5.91 Å². The van der Waals surface area contributed by atoms with E-state index in [4.69, 9.17) is 11.6 Å². The average Bonchev–Trinajstić information content (AvgIpc) is 2.18. The number of carbonyl (C=O) groups is 2. The molecular formula is C9H7ClNNaO3. The van der Waals surface area contributed by atoms with E-state index in [9.17, 15) is 14.7 Å². The number of aromatic carboxylic acids is 1. The van der Waals surface area contributed by atoms with Crippen LogP contribution in [0.3, 0.4) is 0 Å². The molecule has 1 aromatic carbocycles. The van der Waals surface area contributed by atoms with Gasteiger partial charge in [0.1, 0.15) is 5.88 Å². The van der Waals surface area contributed by atoms with Crippen LogP contribution in [0.5, 0.6) is 0 Å². The number of halogens is 1. The molecule has 6 heteroatoms. The van der Waals surface area contributed by atoms with Crippen LogP contribution in [0.25, 0.3) is 0 Å². The van der Waals surface area contributed by atoms with Gasteiger partial charge in [0, 0.05) is 11.3 Å². The Kier molecular flexibility index (Phi) is 6.60. The van der Waals surface area contributed by atoms with Crippen molar-refractivity contribution in [1.82, 2.24) is 0 Å². The van der Waals surface area contributed by atoms with E-state index in [2.05, 4.69) is 5.32 Å². The number of amides is 1. The third-order valence-electron chi connectivity index (χ3n) is 1.54. The van der Waals surface area contributed by atoms with Crippen LogP contribution < -0.4 is 40.0 Å². The molecule has 74 valence electrons. The van der Waals surface area contributed by atoms with Gasteiger partial charge >= 0.3 is 29.6 Å². The van der Waals surface area contributed by atoms with Crippen LogP contribution >= 0.6 is 11.6 Å². The molecule has 0 spiro atoms. The number of nitrogens with one attached hydrogen (secondary N) is 1. The quantitative estimate of drug-likeness (QED) is 0.456. The zero-order chi connectivity index (χ0) is 10.6. The van der Waals surface area contributed by atoms with Gasteiger partial charge in [-0.15, -0.1) is 11.6 Å². The molecule has 0 aliphatic rings. The van der Waals surface area contributed by atoms with Gasteiger partial charge in [0.25, 0.3) is 0 Å². The molecule has 0 unspecified atom stereocenters. The molecule has 0 heterocycles. The van der Waals surface area contributed by atoms with Gasteiger partial charge in [-0.3, -0.25) is 4.79 Å². The van der Waals surface area contributed by atoms with Crippen LogP contribution in [0.1, 0.15) is 10.4 Å². The molecule has 1 amide bonds. The topological polar surface area (TPSA) is 69.2 Å². The molecule has 0 aromatic heterocycles. The predicted molar refractivity (Wildman–Crippen MR) is 50.1 cm³/mol. The van der Waals surface area contributed by atoms with Crippen molar-refractivity contribution < 1.29 is 44.3 Å². The molecule has 0 atom stereocenters. The van der Waals surface area contributed by atoms with E-state index < -0.39 is 11.9 Å². The molecule has 0 saturated carbocycles. The predicted octanol–water partition coefficient (Wildman–Crippen LogP) is -2.77. The van der Waals surface area contributed by atoms with E-state index in [0.717, 1.165) is 0 Å². The fourth-order valence-corrected chi connectivity index (χ4v) is 1.02. The Morgan fingerprint density at radius 3 is 2.47 bits per heavy atom. The van der Waals surface area contributed by atoms with Crippen LogP contribution in [0.4, 0.5) is 5.69 Å². The summed E-state index contributed by atoms with van der Waals surface area (Å²) in [6, 6.07) is 5.96. The van der Waals surface area contributed by atoms with Gasteiger partial charge in [-0.25, -0.2) is 0 Å². The van der Waals surface area contributed by atoms with Gasteiger partial charge in [-0.05, 0) is 6.07 Å². The minimum Gasteiger partial charge on any atom is -0.545 e. The van der Waals surface area contributed by atoms with E-state index in [1.165, 1.54) is 12.1 Å². The van der Waals surface area contributed by atoms with Crippen LogP contribution in [-0.4, -0.2) is 17.8 Å². The molecule has 15 heavy (non-hydrogen) atoms. The maximum Gasteiger partial charge on any atom is 1.00 e. The fraction of sp³-hybridized carbons (Fsp3) is 0.111. The SMILES string of the molecule is O=C(CCl)Nc1ccccc1C(=O)[O-].[Na+]. The number of hydrogen-bond acceptors (Lipinski definition) is 3. The smallest absolute Gasteiger partial charge is 0.545 e. The number of para-hydroxylation sites is 1. The summed E-state index contributed by atoms with van der Waals surface area (Å²) in [5.74, 6) is -2.02. The summed E-state index contributed by atoms with van der Waals surface area (Å²) in [6.45, 7) is 0. The third-order valence-corrected chi connectivity index (χ3v) is 1.79. The van der Waals surface area contributed by atoms with Crippen molar-refractivity contribution >= 4 is 29.2 Å². The number of carbonyl (C=O) groups excluding carboxylic acids is 2. The summed E-state index contributed by atoms with van der Waals surface area (Å²) < 4.78 is 0. The number of rotatable bonds is 3. The summed E-state index contributed by atoms with van der Waals surface area (Å²) in [5, 5.41) is 12.9. The van der Waals surface area contributed by atoms with Crippen LogP contribution in [0, 0.1) is 0 Å². The summed E-state index contributed by atoms with van der Waals surface area (Å²) in [6.07, 6.45) is 0. The van der Waals surface area contributed by atoms with E-state index in [1.807, 2.05) is 0 Å². The number of alkyl halides is 1. The van der Waals surface area contributed by atoms with Gasteiger partial charge in [-0.2, -0.15) is 0 Å². The Labute approximate surface area is 114 Å². The first kappa shape index (κ1) is 14.5. The number of carboxylic acid groups (broad SMARTS) is 1. The Morgan fingerprint density at radius 2 is 1.93 bits per heavy atom. The van der Waals surface area contributed by atoms with Gasteiger partial charge in [-0.1, -0.05) is 18.2 Å². The zero-order valence-electron chi connectivity index (χ0n) is 8.12. The van der Waals surface area contributed by atoms with Crippen LogP contribution in [-0.2, 0) is 4.79 Å². The second-order valence-corrected chi connectivity index (χ2v) is 2.78. The minimum atomic E-state index is -1.34. The second kappa shape index (κ2) is 6.85. The molecule has 0 fully saturated rings. The Hall–Kier alpha value is -0.550. The van der Waals surface area contributed by atoms with Gasteiger partial charge in [0.15, 0.2) is 0 Å². The fourth-order valence-electron chi connectivity index (χ4n) is 0.954. The van der Waals surface area contributed by atoms with Crippen molar-refractivity contribution in [2.75, 3.05) is 11.2 Å². The molecule has 1 N–H and O–H groups in total. The zero-order valence-corrected chi connectivity index (χ0v) is 10.9. The van der Waals surface area contributed by atoms with Gasteiger partial charge in [0.05, 0.1) is 5.97 Å². The molecule has 0 aliphatic carbocycles. The normalized spacial score (nSPS) is 8.87. The third kappa shape index (κ3) is 4.22. The molecule has 1 aromatic rings. The summed E-state index contributed by atoms with van der Waals surface area (Å²) in [4.78, 5) is 21.5. The van der Waals surface area contributed by atoms with E-state index in [-0.39, 0.29) is 46.7 Å². The van der Waals surface area contributed by atoms with Crippen LogP contribution in [0.2, 0.25) is 0 Å². The molecule has 0 saturated heterocycles. The molecule has 1 rings (SSSR count). The molecule has 0 bridgehead atoms. The Bertz CT molecular complexity index is 370. The standard InChI is InChI=1S/C9H8ClNO3.Na/c10-5-8(12)11-7-4-2-1-3-6(7)9(13)14;/h1-4H,5H2,(H,11,12)(H,13,14);/q;+1/p-1. The monoisotopic (exact) mass is 235 g/mol. The summed E-state index contributed by atoms with van der Waals surface area (Å²) >= 11 is 5.26. The summed E-state index contributed by atoms with van der Waals surface area (Å²) in [5.41, 5.74) is 0.129. The second-order valence-electron chi connectivity index (χ2n) is 2.51. The molecule has 0 aliphatic heterocycles. The average molecular weight is 236 g/mol. The molecular weight excluding hydrogens is 229 g/mol. The number of hydrogen-bond donors (Lipinski definition) is 1. The van der Waals surface area contributed by atoms with Crippen molar-refractivity contribution in [1.29, 1.82) is 0 Å². The van der Waals surface area contributed by atoms with Crippen LogP contribution in [0.15, 0.2) is 24.3 Å². The number of anilines is 1. The maximum absolute atomic E-state index is 10.9. The maximum atomic E-state index is 10.9. The van der Waals surface area contributed by atoms with Crippen molar-refractivity contribution in [2.45, 2.75) is 0 Å². The minimum absolute atomic E-state index is 0.